The summed E-state index contributed by atoms with van der Waals surface area (Å²) < 4.78 is 6.03. The molecule has 0 amide bonds. The van der Waals surface area contributed by atoms with Gasteiger partial charge >= 0.3 is 0 Å². The second-order valence-electron chi connectivity index (χ2n) is 8.81. The molecule has 2 aromatic carbocycles. The first-order valence-corrected chi connectivity index (χ1v) is 9.57. The third-order valence-electron chi connectivity index (χ3n) is 8.14. The van der Waals surface area contributed by atoms with Crippen LogP contribution in [0.25, 0.3) is 0 Å². The molecule has 2 unspecified atom stereocenters. The van der Waals surface area contributed by atoms with Crippen molar-refractivity contribution in [1.29, 1.82) is 0 Å². The molecule has 2 N–H and O–H groups in total. The van der Waals surface area contributed by atoms with Gasteiger partial charge in [0.25, 0.3) is 0 Å². The maximum absolute atomic E-state index is 12.8. The molecule has 27 heavy (non-hydrogen) atoms. The van der Waals surface area contributed by atoms with Crippen molar-refractivity contribution >= 4 is 5.78 Å². The van der Waals surface area contributed by atoms with Crippen molar-refractivity contribution in [2.75, 3.05) is 0 Å². The quantitative estimate of drug-likeness (QED) is 0.865. The van der Waals surface area contributed by atoms with Crippen LogP contribution in [0.1, 0.15) is 16.7 Å². The predicted octanol–water partition coefficient (Wildman–Crippen LogP) is 2.31. The number of phenols is 1. The van der Waals surface area contributed by atoms with Crippen LogP contribution in [0.2, 0.25) is 0 Å². The van der Waals surface area contributed by atoms with Gasteiger partial charge in [0.2, 0.25) is 0 Å². The Morgan fingerprint density at radius 2 is 1.96 bits per heavy atom. The molecule has 7 rings (SSSR count). The normalized spacial score (nSPS) is 43.4. The van der Waals surface area contributed by atoms with Crippen molar-refractivity contribution in [1.82, 2.24) is 0 Å². The zero-order valence-electron chi connectivity index (χ0n) is 14.6. The smallest absolute Gasteiger partial charge is 0.197 e. The molecule has 5 aliphatic rings. The number of aliphatic hydroxyl groups is 1. The van der Waals surface area contributed by atoms with Crippen LogP contribution in [0, 0.1) is 17.3 Å². The second kappa shape index (κ2) is 3.97. The van der Waals surface area contributed by atoms with Gasteiger partial charge in [-0.3, -0.25) is 4.79 Å². The summed E-state index contributed by atoms with van der Waals surface area (Å²) in [7, 11) is 0. The van der Waals surface area contributed by atoms with Crippen LogP contribution in [0.15, 0.2) is 54.6 Å². The zero-order valence-corrected chi connectivity index (χ0v) is 14.6. The van der Waals surface area contributed by atoms with Crippen molar-refractivity contribution in [3.8, 4) is 11.5 Å². The molecule has 4 aliphatic carbocycles. The monoisotopic (exact) mass is 358 g/mol. The first-order chi connectivity index (χ1) is 13.1. The minimum atomic E-state index is -1.07. The summed E-state index contributed by atoms with van der Waals surface area (Å²) in [6, 6.07) is 14.0. The average Bonchev–Trinajstić information content (AvgIpc) is 2.97. The van der Waals surface area contributed by atoms with E-state index in [4.69, 9.17) is 4.74 Å². The van der Waals surface area contributed by atoms with Gasteiger partial charge in [0, 0.05) is 16.9 Å². The molecule has 2 fully saturated rings. The molecule has 2 saturated carbocycles. The van der Waals surface area contributed by atoms with Gasteiger partial charge in [-0.1, -0.05) is 36.4 Å². The van der Waals surface area contributed by atoms with E-state index in [0.29, 0.717) is 11.7 Å². The van der Waals surface area contributed by atoms with E-state index in [1.807, 2.05) is 24.3 Å². The number of hydrogen-bond donors (Lipinski definition) is 2. The number of rotatable bonds is 2. The summed E-state index contributed by atoms with van der Waals surface area (Å²) in [4.78, 5) is 12.8. The van der Waals surface area contributed by atoms with Crippen molar-refractivity contribution < 1.29 is 19.7 Å². The number of phenolic OH excluding ortho intramolecular Hbond substituents is 1. The van der Waals surface area contributed by atoms with E-state index in [1.165, 1.54) is 11.6 Å². The zero-order chi connectivity index (χ0) is 18.2. The predicted molar refractivity (Wildman–Crippen MR) is 96.6 cm³/mol. The van der Waals surface area contributed by atoms with Gasteiger partial charge in [0.15, 0.2) is 23.4 Å². The fraction of sp³-hybridized carbons (Fsp3) is 0.348. The van der Waals surface area contributed by atoms with Crippen LogP contribution in [0.3, 0.4) is 0 Å². The Morgan fingerprint density at radius 1 is 1.15 bits per heavy atom. The van der Waals surface area contributed by atoms with E-state index in [-0.39, 0.29) is 22.9 Å². The Balaban J connectivity index is 1.46. The van der Waals surface area contributed by atoms with Gasteiger partial charge in [-0.25, -0.2) is 0 Å². The second-order valence-corrected chi connectivity index (χ2v) is 8.81. The minimum absolute atomic E-state index is 0.0634. The van der Waals surface area contributed by atoms with Gasteiger partial charge in [-0.05, 0) is 48.1 Å². The third-order valence-corrected chi connectivity index (χ3v) is 8.14. The summed E-state index contributed by atoms with van der Waals surface area (Å²) in [5.74, 6) is 0.793. The van der Waals surface area contributed by atoms with E-state index in [0.717, 1.165) is 24.0 Å². The Labute approximate surface area is 156 Å². The van der Waals surface area contributed by atoms with Crippen LogP contribution in [-0.4, -0.2) is 27.7 Å². The number of carbonyl (C=O) groups is 1. The van der Waals surface area contributed by atoms with Crippen LogP contribution in [0.4, 0.5) is 0 Å². The highest BCUT2D eigenvalue weighted by atomic mass is 16.5. The topological polar surface area (TPSA) is 66.8 Å². The highest BCUT2D eigenvalue weighted by molar-refractivity contribution is 6.00. The molecular formula is C23H18O4. The average molecular weight is 358 g/mol. The molecular weight excluding hydrogens is 340 g/mol. The lowest BCUT2D eigenvalue weighted by atomic mass is 9.45. The van der Waals surface area contributed by atoms with Gasteiger partial charge in [-0.2, -0.15) is 0 Å². The largest absolute Gasteiger partial charge is 0.504 e. The van der Waals surface area contributed by atoms with E-state index >= 15 is 0 Å². The molecule has 4 nitrogen and oxygen atoms in total. The van der Waals surface area contributed by atoms with E-state index in [2.05, 4.69) is 12.1 Å². The number of ether oxygens (including phenoxy) is 1. The van der Waals surface area contributed by atoms with Crippen LogP contribution in [0.5, 0.6) is 11.5 Å². The van der Waals surface area contributed by atoms with Crippen LogP contribution < -0.4 is 4.74 Å². The first kappa shape index (κ1) is 14.5. The lowest BCUT2D eigenvalue weighted by Gasteiger charge is -2.58. The van der Waals surface area contributed by atoms with Gasteiger partial charge in [0.05, 0.1) is 5.41 Å². The molecule has 4 heteroatoms. The van der Waals surface area contributed by atoms with Gasteiger partial charge in [0.1, 0.15) is 5.60 Å². The Hall–Kier alpha value is -2.59. The molecule has 2 spiro atoms. The molecule has 6 atom stereocenters. The maximum Gasteiger partial charge on any atom is 0.197 e. The first-order valence-electron chi connectivity index (χ1n) is 9.57. The molecule has 1 heterocycles. The molecule has 2 aromatic rings. The number of ketones is 1. The number of carbonyl (C=O) groups excluding carboxylic acids is 1. The summed E-state index contributed by atoms with van der Waals surface area (Å²) in [5, 5.41) is 22.2. The summed E-state index contributed by atoms with van der Waals surface area (Å²) in [5.41, 5.74) is 1.30. The summed E-state index contributed by atoms with van der Waals surface area (Å²) in [6.45, 7) is 0. The summed E-state index contributed by atoms with van der Waals surface area (Å²) in [6.07, 6.45) is 4.21. The lowest BCUT2D eigenvalue weighted by Crippen LogP contribution is -2.73. The van der Waals surface area contributed by atoms with Gasteiger partial charge < -0.3 is 14.9 Å². The standard InChI is InChI=1S/C23H18O4/c24-15-7-6-13-11-21-14(10-12-4-2-1-3-5-12)19(21)22(26)9-8-16(25)20-23(21,22)17(13)18(15)27-20/h1-9,14,19-20,24,26H,10-11H2/t14?,19-,20+,21?,22-,23+/m1/s1. The van der Waals surface area contributed by atoms with Crippen molar-refractivity contribution in [2.45, 2.75) is 30.0 Å². The van der Waals surface area contributed by atoms with Crippen molar-refractivity contribution in [3.05, 3.63) is 71.3 Å². The van der Waals surface area contributed by atoms with E-state index < -0.39 is 17.1 Å². The molecule has 0 bridgehead atoms. The van der Waals surface area contributed by atoms with E-state index in [9.17, 15) is 15.0 Å². The number of hydrogen-bond acceptors (Lipinski definition) is 4. The Bertz CT molecular complexity index is 1090. The SMILES string of the molecule is O=C1C=C[C@@]2(O)[C@@H]3C(Cc4ccccc4)C34Cc3ccc(O)c5c3[C@]42[C@H]1O5. The minimum Gasteiger partial charge on any atom is -0.504 e. The maximum atomic E-state index is 12.8. The third kappa shape index (κ3) is 1.18. The number of aromatic hydroxyl groups is 1. The van der Waals surface area contributed by atoms with Gasteiger partial charge in [-0.15, -0.1) is 0 Å². The van der Waals surface area contributed by atoms with Crippen molar-refractivity contribution in [2.24, 2.45) is 17.3 Å². The summed E-state index contributed by atoms with van der Waals surface area (Å²) >= 11 is 0. The molecule has 0 saturated heterocycles. The highest BCUT2D eigenvalue weighted by Gasteiger charge is 2.99. The molecule has 1 aliphatic heterocycles. The highest BCUT2D eigenvalue weighted by Crippen LogP contribution is 2.92. The molecule has 0 radical (unpaired) electrons. The number of fused-ring (bicyclic) bond motifs is 1. The van der Waals surface area contributed by atoms with Crippen molar-refractivity contribution in [3.63, 3.8) is 0 Å². The van der Waals surface area contributed by atoms with Crippen LogP contribution in [-0.2, 0) is 23.1 Å². The fourth-order valence-corrected chi connectivity index (χ4v) is 7.50. The number of benzene rings is 2. The fourth-order valence-electron chi connectivity index (χ4n) is 7.50. The lowest BCUT2D eigenvalue weighted by molar-refractivity contribution is -0.171. The van der Waals surface area contributed by atoms with Crippen LogP contribution >= 0.6 is 0 Å². The molecule has 134 valence electrons. The Kier molecular flexibility index (Phi) is 2.13. The molecule has 0 aromatic heterocycles. The Morgan fingerprint density at radius 3 is 2.78 bits per heavy atom. The van der Waals surface area contributed by atoms with E-state index in [1.54, 1.807) is 12.1 Å².